The quantitative estimate of drug-likeness (QED) is 0.893. The molecule has 0 amide bonds. The van der Waals surface area contributed by atoms with Crippen LogP contribution in [0.1, 0.15) is 18.4 Å². The summed E-state index contributed by atoms with van der Waals surface area (Å²) >= 11 is 0. The third-order valence-electron chi connectivity index (χ3n) is 3.62. The standard InChI is InChI=1S/C13H13NO4S/c1-2-19(17,18)11-10(9-6-4-3-5-7-9)13(11,8-14)12(15)16/h3-7,10-11H,2H2,1H3,(H,15,16)/t10-,11-,13-/m1/s1. The Morgan fingerprint density at radius 3 is 2.42 bits per heavy atom. The van der Waals surface area contributed by atoms with E-state index in [2.05, 4.69) is 0 Å². The molecule has 1 fully saturated rings. The summed E-state index contributed by atoms with van der Waals surface area (Å²) in [5.41, 5.74) is -1.27. The molecule has 1 aromatic carbocycles. The summed E-state index contributed by atoms with van der Waals surface area (Å²) in [6.45, 7) is 1.46. The van der Waals surface area contributed by atoms with Gasteiger partial charge in [0.2, 0.25) is 0 Å². The average molecular weight is 279 g/mol. The molecule has 0 unspecified atom stereocenters. The van der Waals surface area contributed by atoms with Crippen LogP contribution >= 0.6 is 0 Å². The fourth-order valence-corrected chi connectivity index (χ4v) is 4.49. The van der Waals surface area contributed by atoms with E-state index in [0.717, 1.165) is 0 Å². The Bertz CT molecular complexity index is 647. The maximum absolute atomic E-state index is 12.0. The number of hydrogen-bond acceptors (Lipinski definition) is 4. The van der Waals surface area contributed by atoms with Gasteiger partial charge in [-0.3, -0.25) is 4.79 Å². The van der Waals surface area contributed by atoms with E-state index in [-0.39, 0.29) is 5.75 Å². The number of rotatable bonds is 4. The number of nitrogens with zero attached hydrogens (tertiary/aromatic N) is 1. The monoisotopic (exact) mass is 279 g/mol. The molecule has 0 aromatic heterocycles. The number of sulfone groups is 1. The van der Waals surface area contributed by atoms with E-state index in [1.54, 1.807) is 36.4 Å². The summed E-state index contributed by atoms with van der Waals surface area (Å²) < 4.78 is 24.0. The molecule has 100 valence electrons. The second-order valence-corrected chi connectivity index (χ2v) is 6.96. The first-order valence-electron chi connectivity index (χ1n) is 5.83. The molecule has 3 atom stereocenters. The van der Waals surface area contributed by atoms with E-state index < -0.39 is 32.4 Å². The largest absolute Gasteiger partial charge is 0.480 e. The first kappa shape index (κ1) is 13.6. The van der Waals surface area contributed by atoms with Gasteiger partial charge in [0.1, 0.15) is 5.25 Å². The molecule has 1 aromatic rings. The average Bonchev–Trinajstić information content (AvgIpc) is 3.11. The van der Waals surface area contributed by atoms with Crippen molar-refractivity contribution < 1.29 is 18.3 Å². The van der Waals surface area contributed by atoms with E-state index in [1.165, 1.54) is 6.92 Å². The number of hydrogen-bond donors (Lipinski definition) is 1. The molecule has 0 saturated heterocycles. The highest BCUT2D eigenvalue weighted by Gasteiger charge is 2.76. The molecule has 1 aliphatic carbocycles. The van der Waals surface area contributed by atoms with Crippen LogP contribution in [0.5, 0.6) is 0 Å². The Balaban J connectivity index is 2.55. The van der Waals surface area contributed by atoms with Gasteiger partial charge in [0, 0.05) is 11.7 Å². The zero-order valence-corrected chi connectivity index (χ0v) is 11.1. The van der Waals surface area contributed by atoms with Crippen molar-refractivity contribution in [1.82, 2.24) is 0 Å². The Morgan fingerprint density at radius 1 is 1.42 bits per heavy atom. The van der Waals surface area contributed by atoms with Crippen LogP contribution in [0.2, 0.25) is 0 Å². The Kier molecular flexibility index (Phi) is 3.11. The highest BCUT2D eigenvalue weighted by atomic mass is 32.2. The first-order chi connectivity index (χ1) is 8.91. The normalized spacial score (nSPS) is 29.5. The van der Waals surface area contributed by atoms with Crippen LogP contribution in [0.15, 0.2) is 30.3 Å². The van der Waals surface area contributed by atoms with Crippen molar-refractivity contribution in [3.05, 3.63) is 35.9 Å². The van der Waals surface area contributed by atoms with Crippen molar-refractivity contribution in [3.8, 4) is 6.07 Å². The number of aliphatic carboxylic acids is 1. The number of carbonyl (C=O) groups is 1. The third kappa shape index (κ3) is 1.81. The first-order valence-corrected chi connectivity index (χ1v) is 7.54. The van der Waals surface area contributed by atoms with E-state index in [9.17, 15) is 23.6 Å². The number of benzene rings is 1. The summed E-state index contributed by atoms with van der Waals surface area (Å²) in [5, 5.41) is 17.3. The highest BCUT2D eigenvalue weighted by Crippen LogP contribution is 2.62. The number of carboxylic acid groups (broad SMARTS) is 1. The van der Waals surface area contributed by atoms with E-state index in [0.29, 0.717) is 5.56 Å². The van der Waals surface area contributed by atoms with Crippen LogP contribution in [-0.2, 0) is 14.6 Å². The lowest BCUT2D eigenvalue weighted by atomic mass is 10.0. The van der Waals surface area contributed by atoms with Crippen LogP contribution in [0.4, 0.5) is 0 Å². The minimum atomic E-state index is -3.59. The summed E-state index contributed by atoms with van der Waals surface area (Å²) in [6, 6.07) is 10.2. The van der Waals surface area contributed by atoms with Gasteiger partial charge in [0.15, 0.2) is 15.3 Å². The lowest BCUT2D eigenvalue weighted by molar-refractivity contribution is -0.141. The number of carboxylic acids is 1. The van der Waals surface area contributed by atoms with Crippen molar-refractivity contribution in [2.75, 3.05) is 5.75 Å². The van der Waals surface area contributed by atoms with Crippen molar-refractivity contribution in [2.45, 2.75) is 18.1 Å². The highest BCUT2D eigenvalue weighted by molar-refractivity contribution is 7.92. The molecule has 1 saturated carbocycles. The van der Waals surface area contributed by atoms with Gasteiger partial charge in [-0.2, -0.15) is 5.26 Å². The minimum Gasteiger partial charge on any atom is -0.480 e. The lowest BCUT2D eigenvalue weighted by Crippen LogP contribution is -2.23. The topological polar surface area (TPSA) is 95.2 Å². The van der Waals surface area contributed by atoms with Gasteiger partial charge in [-0.1, -0.05) is 37.3 Å². The second kappa shape index (κ2) is 4.35. The lowest BCUT2D eigenvalue weighted by Gasteiger charge is -2.01. The van der Waals surface area contributed by atoms with Crippen LogP contribution < -0.4 is 0 Å². The van der Waals surface area contributed by atoms with Crippen molar-refractivity contribution >= 4 is 15.8 Å². The molecular weight excluding hydrogens is 266 g/mol. The molecule has 1 N–H and O–H groups in total. The Hall–Kier alpha value is -1.87. The third-order valence-corrected chi connectivity index (χ3v) is 5.84. The van der Waals surface area contributed by atoms with Gasteiger partial charge >= 0.3 is 5.97 Å². The fourth-order valence-electron chi connectivity index (χ4n) is 2.56. The Morgan fingerprint density at radius 2 is 2.00 bits per heavy atom. The van der Waals surface area contributed by atoms with Crippen LogP contribution in [0.3, 0.4) is 0 Å². The molecule has 1 aliphatic rings. The molecule has 0 heterocycles. The minimum absolute atomic E-state index is 0.169. The maximum atomic E-state index is 12.0. The molecule has 5 nitrogen and oxygen atoms in total. The van der Waals surface area contributed by atoms with Crippen molar-refractivity contribution in [1.29, 1.82) is 5.26 Å². The zero-order chi connectivity index (χ0) is 14.3. The van der Waals surface area contributed by atoms with Crippen LogP contribution in [-0.4, -0.2) is 30.5 Å². The predicted molar refractivity (Wildman–Crippen MR) is 68.1 cm³/mol. The SMILES string of the molecule is CCS(=O)(=O)[C@@H]1[C@@H](c2ccccc2)[C@@]1(C#N)C(=O)O. The van der Waals surface area contributed by atoms with Gasteiger partial charge in [0.05, 0.1) is 6.07 Å². The summed E-state index contributed by atoms with van der Waals surface area (Å²) in [6.07, 6.45) is 0. The van der Waals surface area contributed by atoms with Crippen LogP contribution in [0, 0.1) is 16.7 Å². The Labute approximate surface area is 111 Å². The molecular formula is C13H13NO4S. The molecule has 0 radical (unpaired) electrons. The van der Waals surface area contributed by atoms with Gasteiger partial charge < -0.3 is 5.11 Å². The smallest absolute Gasteiger partial charge is 0.326 e. The van der Waals surface area contributed by atoms with Gasteiger partial charge in [-0.15, -0.1) is 0 Å². The summed E-state index contributed by atoms with van der Waals surface area (Å²) in [5.74, 6) is -2.33. The molecule has 2 rings (SSSR count). The summed E-state index contributed by atoms with van der Waals surface area (Å²) in [4.78, 5) is 11.4. The molecule has 0 bridgehead atoms. The van der Waals surface area contributed by atoms with Gasteiger partial charge in [0.25, 0.3) is 0 Å². The van der Waals surface area contributed by atoms with Crippen molar-refractivity contribution in [3.63, 3.8) is 0 Å². The zero-order valence-electron chi connectivity index (χ0n) is 10.3. The van der Waals surface area contributed by atoms with E-state index in [1.807, 2.05) is 0 Å². The molecule has 0 spiro atoms. The van der Waals surface area contributed by atoms with E-state index >= 15 is 0 Å². The van der Waals surface area contributed by atoms with Gasteiger partial charge in [-0.05, 0) is 5.56 Å². The van der Waals surface area contributed by atoms with E-state index in [4.69, 9.17) is 0 Å². The summed E-state index contributed by atoms with van der Waals surface area (Å²) in [7, 11) is -3.59. The maximum Gasteiger partial charge on any atom is 0.326 e. The van der Waals surface area contributed by atoms with Gasteiger partial charge in [-0.25, -0.2) is 8.42 Å². The van der Waals surface area contributed by atoms with Crippen LogP contribution in [0.25, 0.3) is 0 Å². The molecule has 0 aliphatic heterocycles. The fraction of sp³-hybridized carbons (Fsp3) is 0.385. The number of nitriles is 1. The molecule has 19 heavy (non-hydrogen) atoms. The molecule has 6 heteroatoms. The van der Waals surface area contributed by atoms with Crippen molar-refractivity contribution in [2.24, 2.45) is 5.41 Å². The second-order valence-electron chi connectivity index (χ2n) is 4.55. The predicted octanol–water partition coefficient (Wildman–Crippen LogP) is 1.18.